The Morgan fingerprint density at radius 3 is 2.79 bits per heavy atom. The second-order valence-corrected chi connectivity index (χ2v) is 4.31. The van der Waals surface area contributed by atoms with Gasteiger partial charge in [-0.05, 0) is 19.2 Å². The zero-order valence-electron chi connectivity index (χ0n) is 7.67. The van der Waals surface area contributed by atoms with Gasteiger partial charge in [-0.1, -0.05) is 11.6 Å². The summed E-state index contributed by atoms with van der Waals surface area (Å²) < 4.78 is 0.748. The standard InChI is InChI=1S/C8H11ClN2OS.ClH/c1-10-5-8(12)11-4-6-2-3-7(9)13-6;/h2-3,10H,4-5H2,1H3,(H,11,12);1H. The molecule has 0 unspecified atom stereocenters. The lowest BCUT2D eigenvalue weighted by atomic mass is 10.4. The van der Waals surface area contributed by atoms with Crippen LogP contribution in [0, 0.1) is 0 Å². The van der Waals surface area contributed by atoms with Crippen molar-refractivity contribution in [2.24, 2.45) is 0 Å². The molecule has 0 spiro atoms. The third-order valence-corrected chi connectivity index (χ3v) is 2.66. The number of hydrogen-bond donors (Lipinski definition) is 2. The first-order chi connectivity index (χ1) is 6.22. The van der Waals surface area contributed by atoms with Gasteiger partial charge in [0.25, 0.3) is 0 Å². The van der Waals surface area contributed by atoms with Crippen molar-refractivity contribution < 1.29 is 4.79 Å². The maximum atomic E-state index is 11.0. The highest BCUT2D eigenvalue weighted by Gasteiger charge is 2.00. The molecule has 0 aliphatic rings. The third-order valence-electron chi connectivity index (χ3n) is 1.43. The molecular formula is C8H12Cl2N2OS. The molecule has 1 heterocycles. The fraction of sp³-hybridized carbons (Fsp3) is 0.375. The Balaban J connectivity index is 0.00000169. The van der Waals surface area contributed by atoms with E-state index in [0.29, 0.717) is 13.1 Å². The highest BCUT2D eigenvalue weighted by molar-refractivity contribution is 7.16. The van der Waals surface area contributed by atoms with E-state index in [9.17, 15) is 4.79 Å². The van der Waals surface area contributed by atoms with Crippen LogP contribution in [0.3, 0.4) is 0 Å². The van der Waals surface area contributed by atoms with Crippen LogP contribution < -0.4 is 10.6 Å². The summed E-state index contributed by atoms with van der Waals surface area (Å²) >= 11 is 7.21. The van der Waals surface area contributed by atoms with Crippen LogP contribution in [0.5, 0.6) is 0 Å². The topological polar surface area (TPSA) is 41.1 Å². The molecule has 0 fully saturated rings. The lowest BCUT2D eigenvalue weighted by Gasteiger charge is -2.01. The zero-order valence-corrected chi connectivity index (χ0v) is 10.1. The quantitative estimate of drug-likeness (QED) is 0.859. The molecule has 0 saturated carbocycles. The van der Waals surface area contributed by atoms with Crippen LogP contribution >= 0.6 is 35.3 Å². The molecule has 6 heteroatoms. The minimum atomic E-state index is -0.00739. The number of thiophene rings is 1. The van der Waals surface area contributed by atoms with Crippen molar-refractivity contribution in [3.05, 3.63) is 21.3 Å². The second kappa shape index (κ2) is 7.06. The van der Waals surface area contributed by atoms with Gasteiger partial charge in [0.15, 0.2) is 0 Å². The van der Waals surface area contributed by atoms with E-state index in [1.807, 2.05) is 12.1 Å². The van der Waals surface area contributed by atoms with Gasteiger partial charge in [-0.25, -0.2) is 0 Å². The maximum Gasteiger partial charge on any atom is 0.234 e. The predicted molar refractivity (Wildman–Crippen MR) is 62.4 cm³/mol. The van der Waals surface area contributed by atoms with Crippen LogP contribution in [0.4, 0.5) is 0 Å². The van der Waals surface area contributed by atoms with E-state index in [-0.39, 0.29) is 18.3 Å². The van der Waals surface area contributed by atoms with Crippen molar-refractivity contribution in [1.29, 1.82) is 0 Å². The number of halogens is 2. The molecule has 0 aliphatic carbocycles. The summed E-state index contributed by atoms with van der Waals surface area (Å²) in [5.74, 6) is -0.00739. The first kappa shape index (κ1) is 13.7. The second-order valence-electron chi connectivity index (χ2n) is 2.51. The smallest absolute Gasteiger partial charge is 0.234 e. The van der Waals surface area contributed by atoms with E-state index in [1.165, 1.54) is 11.3 Å². The lowest BCUT2D eigenvalue weighted by molar-refractivity contribution is -0.120. The first-order valence-corrected chi connectivity index (χ1v) is 5.07. The molecule has 3 nitrogen and oxygen atoms in total. The SMILES string of the molecule is CNCC(=O)NCc1ccc(Cl)s1.Cl. The van der Waals surface area contributed by atoms with Crippen molar-refractivity contribution in [3.8, 4) is 0 Å². The van der Waals surface area contributed by atoms with E-state index in [0.717, 1.165) is 9.21 Å². The van der Waals surface area contributed by atoms with Gasteiger partial charge in [-0.2, -0.15) is 0 Å². The largest absolute Gasteiger partial charge is 0.350 e. The normalized spacial score (nSPS) is 9.29. The summed E-state index contributed by atoms with van der Waals surface area (Å²) in [6.07, 6.45) is 0. The Kier molecular flexibility index (Phi) is 6.92. The first-order valence-electron chi connectivity index (χ1n) is 3.88. The Morgan fingerprint density at radius 1 is 1.57 bits per heavy atom. The number of hydrogen-bond acceptors (Lipinski definition) is 3. The number of nitrogens with one attached hydrogen (secondary N) is 2. The van der Waals surface area contributed by atoms with E-state index < -0.39 is 0 Å². The summed E-state index contributed by atoms with van der Waals surface area (Å²) in [5, 5.41) is 5.54. The van der Waals surface area contributed by atoms with Crippen molar-refractivity contribution in [2.45, 2.75) is 6.54 Å². The van der Waals surface area contributed by atoms with Crippen molar-refractivity contribution >= 4 is 41.3 Å². The average Bonchev–Trinajstić information content (AvgIpc) is 2.49. The Bertz CT molecular complexity index is 291. The van der Waals surface area contributed by atoms with Gasteiger partial charge >= 0.3 is 0 Å². The fourth-order valence-electron chi connectivity index (χ4n) is 0.856. The lowest BCUT2D eigenvalue weighted by Crippen LogP contribution is -2.31. The molecule has 80 valence electrons. The van der Waals surface area contributed by atoms with Crippen LogP contribution in [-0.4, -0.2) is 19.5 Å². The molecule has 0 aliphatic heterocycles. The summed E-state index contributed by atoms with van der Waals surface area (Å²) in [6.45, 7) is 0.900. The van der Waals surface area contributed by atoms with Crippen molar-refractivity contribution in [2.75, 3.05) is 13.6 Å². The minimum Gasteiger partial charge on any atom is -0.350 e. The van der Waals surface area contributed by atoms with E-state index in [4.69, 9.17) is 11.6 Å². The van der Waals surface area contributed by atoms with Crippen LogP contribution in [-0.2, 0) is 11.3 Å². The Labute approximate surface area is 98.2 Å². The van der Waals surface area contributed by atoms with Crippen LogP contribution in [0.2, 0.25) is 4.34 Å². The molecule has 0 saturated heterocycles. The van der Waals surface area contributed by atoms with Crippen LogP contribution in [0.25, 0.3) is 0 Å². The monoisotopic (exact) mass is 254 g/mol. The molecule has 1 aromatic rings. The van der Waals surface area contributed by atoms with Crippen molar-refractivity contribution in [3.63, 3.8) is 0 Å². The van der Waals surface area contributed by atoms with Gasteiger partial charge in [-0.15, -0.1) is 23.7 Å². The summed E-state index contributed by atoms with van der Waals surface area (Å²) in [5.41, 5.74) is 0. The fourth-order valence-corrected chi connectivity index (χ4v) is 1.88. The molecule has 1 rings (SSSR count). The van der Waals surface area contributed by atoms with E-state index >= 15 is 0 Å². The average molecular weight is 255 g/mol. The van der Waals surface area contributed by atoms with Gasteiger partial charge in [0.05, 0.1) is 17.4 Å². The van der Waals surface area contributed by atoms with Gasteiger partial charge in [0.1, 0.15) is 0 Å². The molecule has 14 heavy (non-hydrogen) atoms. The number of likely N-dealkylation sites (N-methyl/N-ethyl adjacent to an activating group) is 1. The van der Waals surface area contributed by atoms with Crippen LogP contribution in [0.15, 0.2) is 12.1 Å². The Morgan fingerprint density at radius 2 is 2.29 bits per heavy atom. The molecule has 0 atom stereocenters. The zero-order chi connectivity index (χ0) is 9.68. The van der Waals surface area contributed by atoms with Gasteiger partial charge in [-0.3, -0.25) is 4.79 Å². The molecule has 2 N–H and O–H groups in total. The molecular weight excluding hydrogens is 243 g/mol. The van der Waals surface area contributed by atoms with Gasteiger partial charge in [0.2, 0.25) is 5.91 Å². The number of carbonyl (C=O) groups excluding carboxylic acids is 1. The summed E-state index contributed by atoms with van der Waals surface area (Å²) in [6, 6.07) is 3.73. The molecule has 0 bridgehead atoms. The molecule has 0 aromatic carbocycles. The Hall–Kier alpha value is -0.290. The number of carbonyl (C=O) groups is 1. The maximum absolute atomic E-state index is 11.0. The highest BCUT2D eigenvalue weighted by atomic mass is 35.5. The predicted octanol–water partition coefficient (Wildman–Crippen LogP) is 1.66. The summed E-state index contributed by atoms with van der Waals surface area (Å²) in [4.78, 5) is 12.1. The van der Waals surface area contributed by atoms with Crippen LogP contribution in [0.1, 0.15) is 4.88 Å². The highest BCUT2D eigenvalue weighted by Crippen LogP contribution is 2.20. The third kappa shape index (κ3) is 4.81. The molecule has 1 amide bonds. The van der Waals surface area contributed by atoms with Gasteiger partial charge in [0, 0.05) is 4.88 Å². The van der Waals surface area contributed by atoms with Crippen molar-refractivity contribution in [1.82, 2.24) is 10.6 Å². The number of amides is 1. The van der Waals surface area contributed by atoms with E-state index in [1.54, 1.807) is 7.05 Å². The molecule has 1 aromatic heterocycles. The number of rotatable bonds is 4. The minimum absolute atomic E-state index is 0. The molecule has 0 radical (unpaired) electrons. The van der Waals surface area contributed by atoms with Gasteiger partial charge < -0.3 is 10.6 Å². The van der Waals surface area contributed by atoms with E-state index in [2.05, 4.69) is 10.6 Å². The summed E-state index contributed by atoms with van der Waals surface area (Å²) in [7, 11) is 1.74.